The third-order valence-electron chi connectivity index (χ3n) is 3.90. The Bertz CT molecular complexity index is 1190. The molecule has 2 aromatic heterocycles. The third-order valence-corrected chi connectivity index (χ3v) is 3.90. The fourth-order valence-electron chi connectivity index (χ4n) is 2.71. The van der Waals surface area contributed by atoms with E-state index in [1.165, 1.54) is 22.9 Å². The Morgan fingerprint density at radius 1 is 0.963 bits per heavy atom. The van der Waals surface area contributed by atoms with Gasteiger partial charge in [0.15, 0.2) is 0 Å². The highest BCUT2D eigenvalue weighted by molar-refractivity contribution is 5.75. The molecule has 0 unspecified atom stereocenters. The lowest BCUT2D eigenvalue weighted by molar-refractivity contribution is 0.626. The Morgan fingerprint density at radius 3 is 2.52 bits per heavy atom. The van der Waals surface area contributed by atoms with Crippen LogP contribution in [0.4, 0.5) is 4.39 Å². The van der Waals surface area contributed by atoms with Gasteiger partial charge in [-0.2, -0.15) is 5.10 Å². The Balaban J connectivity index is 0.00000102. The van der Waals surface area contributed by atoms with Gasteiger partial charge in [-0.05, 0) is 35.9 Å². The topological polar surface area (TPSA) is 83.5 Å². The van der Waals surface area contributed by atoms with E-state index in [1.54, 1.807) is 30.3 Å². The molecule has 2 heterocycles. The molecule has 6 nitrogen and oxygen atoms in total. The standard InChI is InChI=1S/C18H13FN4O2.C2H6/c19-13-3-1-2-12(9-13)14-6-7-17(24)23(22-14)10-11-4-5-15-16(8-11)21-18(25)20-15;1-2/h1-9H,10H2,(H2,20,21,25);1-2H3. The summed E-state index contributed by atoms with van der Waals surface area (Å²) in [4.78, 5) is 28.8. The highest BCUT2D eigenvalue weighted by Crippen LogP contribution is 2.17. The van der Waals surface area contributed by atoms with E-state index in [0.717, 1.165) is 5.56 Å². The van der Waals surface area contributed by atoms with Crippen molar-refractivity contribution < 1.29 is 4.39 Å². The number of H-pyrrole nitrogens is 2. The summed E-state index contributed by atoms with van der Waals surface area (Å²) in [5, 5.41) is 4.32. The smallest absolute Gasteiger partial charge is 0.306 e. The van der Waals surface area contributed by atoms with Crippen LogP contribution in [0, 0.1) is 5.82 Å². The molecule has 27 heavy (non-hydrogen) atoms. The first-order chi connectivity index (χ1) is 13.1. The van der Waals surface area contributed by atoms with Crippen LogP contribution in [0.3, 0.4) is 0 Å². The first-order valence-corrected chi connectivity index (χ1v) is 8.63. The average Bonchev–Trinajstić information content (AvgIpc) is 3.04. The average molecular weight is 366 g/mol. The lowest BCUT2D eigenvalue weighted by atomic mass is 10.1. The number of imidazole rings is 1. The van der Waals surface area contributed by atoms with Gasteiger partial charge < -0.3 is 9.97 Å². The number of aromatic amines is 2. The Kier molecular flexibility index (Phi) is 5.30. The zero-order chi connectivity index (χ0) is 19.4. The van der Waals surface area contributed by atoms with Gasteiger partial charge in [-0.25, -0.2) is 13.9 Å². The van der Waals surface area contributed by atoms with E-state index < -0.39 is 0 Å². The maximum Gasteiger partial charge on any atom is 0.323 e. The third kappa shape index (κ3) is 4.03. The second-order valence-electron chi connectivity index (χ2n) is 5.68. The molecule has 0 radical (unpaired) electrons. The summed E-state index contributed by atoms with van der Waals surface area (Å²) in [5.41, 5.74) is 2.74. The first kappa shape index (κ1) is 18.3. The van der Waals surface area contributed by atoms with Gasteiger partial charge in [0.05, 0.1) is 23.3 Å². The number of hydrogen-bond acceptors (Lipinski definition) is 3. The molecule has 0 amide bonds. The van der Waals surface area contributed by atoms with E-state index in [0.29, 0.717) is 22.3 Å². The quantitative estimate of drug-likeness (QED) is 0.584. The summed E-state index contributed by atoms with van der Waals surface area (Å²) in [6, 6.07) is 14.4. The van der Waals surface area contributed by atoms with Crippen molar-refractivity contribution in [1.82, 2.24) is 19.7 Å². The monoisotopic (exact) mass is 366 g/mol. The van der Waals surface area contributed by atoms with E-state index in [1.807, 2.05) is 19.9 Å². The van der Waals surface area contributed by atoms with Crippen LogP contribution >= 0.6 is 0 Å². The van der Waals surface area contributed by atoms with E-state index in [-0.39, 0.29) is 23.6 Å². The van der Waals surface area contributed by atoms with Crippen molar-refractivity contribution in [1.29, 1.82) is 0 Å². The maximum atomic E-state index is 13.4. The molecule has 7 heteroatoms. The maximum absolute atomic E-state index is 13.4. The number of hydrogen-bond donors (Lipinski definition) is 2. The van der Waals surface area contributed by atoms with Crippen LogP contribution in [0.15, 0.2) is 64.2 Å². The Labute approximate surface area is 154 Å². The molecule has 0 bridgehead atoms. The molecule has 0 fully saturated rings. The number of aromatic nitrogens is 4. The number of nitrogens with one attached hydrogen (secondary N) is 2. The zero-order valence-corrected chi connectivity index (χ0v) is 15.0. The number of benzene rings is 2. The SMILES string of the molecule is CC.O=c1[nH]c2ccc(Cn3nc(-c4cccc(F)c4)ccc3=O)cc2[nH]1. The van der Waals surface area contributed by atoms with Crippen LogP contribution in [-0.2, 0) is 6.54 Å². The number of nitrogens with zero attached hydrogens (tertiary/aromatic N) is 2. The van der Waals surface area contributed by atoms with Crippen molar-refractivity contribution in [3.05, 3.63) is 86.8 Å². The van der Waals surface area contributed by atoms with Gasteiger partial charge in [-0.3, -0.25) is 4.79 Å². The predicted molar refractivity (Wildman–Crippen MR) is 103 cm³/mol. The summed E-state index contributed by atoms with van der Waals surface area (Å²) >= 11 is 0. The molecule has 0 spiro atoms. The molecule has 0 aliphatic heterocycles. The summed E-state index contributed by atoms with van der Waals surface area (Å²) in [6.07, 6.45) is 0. The fraction of sp³-hybridized carbons (Fsp3) is 0.150. The largest absolute Gasteiger partial charge is 0.323 e. The minimum atomic E-state index is -0.362. The number of rotatable bonds is 3. The second-order valence-corrected chi connectivity index (χ2v) is 5.68. The van der Waals surface area contributed by atoms with Crippen LogP contribution in [0.2, 0.25) is 0 Å². The van der Waals surface area contributed by atoms with E-state index in [2.05, 4.69) is 15.1 Å². The molecular weight excluding hydrogens is 347 g/mol. The second kappa shape index (κ2) is 7.82. The zero-order valence-electron chi connectivity index (χ0n) is 15.0. The van der Waals surface area contributed by atoms with Gasteiger partial charge in [-0.1, -0.05) is 32.0 Å². The molecule has 0 saturated carbocycles. The summed E-state index contributed by atoms with van der Waals surface area (Å²) in [6.45, 7) is 4.24. The molecular formula is C20H19FN4O2. The summed E-state index contributed by atoms with van der Waals surface area (Å²) in [7, 11) is 0. The van der Waals surface area contributed by atoms with Crippen molar-refractivity contribution >= 4 is 11.0 Å². The van der Waals surface area contributed by atoms with Gasteiger partial charge >= 0.3 is 5.69 Å². The highest BCUT2D eigenvalue weighted by atomic mass is 19.1. The molecule has 0 saturated heterocycles. The van der Waals surface area contributed by atoms with Gasteiger partial charge in [0, 0.05) is 11.6 Å². The summed E-state index contributed by atoms with van der Waals surface area (Å²) in [5.74, 6) is -0.362. The van der Waals surface area contributed by atoms with Crippen molar-refractivity contribution in [3.8, 4) is 11.3 Å². The van der Waals surface area contributed by atoms with Gasteiger partial charge in [0.1, 0.15) is 5.82 Å². The molecule has 0 atom stereocenters. The predicted octanol–water partition coefficient (Wildman–Crippen LogP) is 3.29. The normalized spacial score (nSPS) is 10.5. The van der Waals surface area contributed by atoms with Gasteiger partial charge in [0.2, 0.25) is 0 Å². The highest BCUT2D eigenvalue weighted by Gasteiger charge is 2.06. The van der Waals surface area contributed by atoms with Crippen molar-refractivity contribution in [3.63, 3.8) is 0 Å². The number of fused-ring (bicyclic) bond motifs is 1. The number of halogens is 1. The Morgan fingerprint density at radius 2 is 1.74 bits per heavy atom. The van der Waals surface area contributed by atoms with E-state index >= 15 is 0 Å². The minimum Gasteiger partial charge on any atom is -0.306 e. The Hall–Kier alpha value is -3.48. The van der Waals surface area contributed by atoms with Crippen LogP contribution < -0.4 is 11.2 Å². The van der Waals surface area contributed by atoms with Crippen molar-refractivity contribution in [2.24, 2.45) is 0 Å². The fourth-order valence-corrected chi connectivity index (χ4v) is 2.71. The molecule has 0 aliphatic rings. The molecule has 2 aromatic carbocycles. The van der Waals surface area contributed by atoms with Crippen molar-refractivity contribution in [2.75, 3.05) is 0 Å². The van der Waals surface area contributed by atoms with Gasteiger partial charge in [-0.15, -0.1) is 0 Å². The first-order valence-electron chi connectivity index (χ1n) is 8.63. The summed E-state index contributed by atoms with van der Waals surface area (Å²) < 4.78 is 14.7. The molecule has 4 rings (SSSR count). The lowest BCUT2D eigenvalue weighted by Crippen LogP contribution is -2.22. The molecule has 2 N–H and O–H groups in total. The lowest BCUT2D eigenvalue weighted by Gasteiger charge is -2.08. The van der Waals surface area contributed by atoms with Crippen LogP contribution in [0.1, 0.15) is 19.4 Å². The van der Waals surface area contributed by atoms with Crippen molar-refractivity contribution in [2.45, 2.75) is 20.4 Å². The van der Waals surface area contributed by atoms with Crippen LogP contribution in [-0.4, -0.2) is 19.7 Å². The van der Waals surface area contributed by atoms with Crippen LogP contribution in [0.5, 0.6) is 0 Å². The van der Waals surface area contributed by atoms with E-state index in [9.17, 15) is 14.0 Å². The van der Waals surface area contributed by atoms with E-state index in [4.69, 9.17) is 0 Å². The molecule has 0 aliphatic carbocycles. The molecule has 138 valence electrons. The van der Waals surface area contributed by atoms with Gasteiger partial charge in [0.25, 0.3) is 5.56 Å². The minimum absolute atomic E-state index is 0.241. The molecule has 4 aromatic rings. The van der Waals surface area contributed by atoms with Crippen LogP contribution in [0.25, 0.3) is 22.3 Å².